The van der Waals surface area contributed by atoms with Gasteiger partial charge in [-0.2, -0.15) is 0 Å². The SMILES string of the molecule is CC(C)(Oc1ccc(F)cc1)C(=O)Nc1ccc(CN2CCOCC2)cc1. The quantitative estimate of drug-likeness (QED) is 0.844. The first-order chi connectivity index (χ1) is 12.9. The molecule has 1 heterocycles. The highest BCUT2D eigenvalue weighted by Crippen LogP contribution is 2.21. The van der Waals surface area contributed by atoms with E-state index in [2.05, 4.69) is 10.2 Å². The minimum atomic E-state index is -1.09. The van der Waals surface area contributed by atoms with Crippen LogP contribution >= 0.6 is 0 Å². The molecule has 0 spiro atoms. The maximum atomic E-state index is 13.0. The number of halogens is 1. The number of nitrogens with zero attached hydrogens (tertiary/aromatic N) is 1. The Kier molecular flexibility index (Phi) is 6.08. The van der Waals surface area contributed by atoms with Crippen LogP contribution in [0, 0.1) is 5.82 Å². The van der Waals surface area contributed by atoms with Crippen molar-refractivity contribution < 1.29 is 18.7 Å². The minimum Gasteiger partial charge on any atom is -0.478 e. The molecule has 1 saturated heterocycles. The highest BCUT2D eigenvalue weighted by atomic mass is 19.1. The van der Waals surface area contributed by atoms with E-state index in [4.69, 9.17) is 9.47 Å². The topological polar surface area (TPSA) is 50.8 Å². The van der Waals surface area contributed by atoms with Crippen LogP contribution in [0.3, 0.4) is 0 Å². The van der Waals surface area contributed by atoms with Crippen molar-refractivity contribution in [1.29, 1.82) is 0 Å². The summed E-state index contributed by atoms with van der Waals surface area (Å²) in [6.45, 7) is 7.66. The summed E-state index contributed by atoms with van der Waals surface area (Å²) < 4.78 is 24.1. The summed E-state index contributed by atoms with van der Waals surface area (Å²) in [5.74, 6) is -0.174. The smallest absolute Gasteiger partial charge is 0.267 e. The number of ether oxygens (including phenoxy) is 2. The number of hydrogen-bond donors (Lipinski definition) is 1. The molecule has 5 nitrogen and oxygen atoms in total. The Bertz CT molecular complexity index is 754. The van der Waals surface area contributed by atoms with Crippen LogP contribution in [-0.4, -0.2) is 42.7 Å². The molecule has 2 aromatic carbocycles. The predicted octanol–water partition coefficient (Wildman–Crippen LogP) is 3.45. The third-order valence-electron chi connectivity index (χ3n) is 4.46. The Balaban J connectivity index is 1.56. The van der Waals surface area contributed by atoms with Crippen molar-refractivity contribution in [2.24, 2.45) is 0 Å². The third kappa shape index (κ3) is 5.52. The Morgan fingerprint density at radius 2 is 1.74 bits per heavy atom. The van der Waals surface area contributed by atoms with Gasteiger partial charge in [0, 0.05) is 25.3 Å². The normalized spacial score (nSPS) is 15.4. The fourth-order valence-electron chi connectivity index (χ4n) is 2.84. The van der Waals surface area contributed by atoms with Crippen LogP contribution in [-0.2, 0) is 16.1 Å². The number of benzene rings is 2. The number of rotatable bonds is 6. The molecule has 27 heavy (non-hydrogen) atoms. The lowest BCUT2D eigenvalue weighted by molar-refractivity contribution is -0.128. The molecule has 0 radical (unpaired) electrons. The molecule has 2 aromatic rings. The summed E-state index contributed by atoms with van der Waals surface area (Å²) in [7, 11) is 0. The minimum absolute atomic E-state index is 0.271. The lowest BCUT2D eigenvalue weighted by atomic mass is 10.1. The Labute approximate surface area is 159 Å². The average molecular weight is 372 g/mol. The summed E-state index contributed by atoms with van der Waals surface area (Å²) in [4.78, 5) is 14.9. The van der Waals surface area contributed by atoms with Gasteiger partial charge in [-0.05, 0) is 55.8 Å². The van der Waals surface area contributed by atoms with Crippen LogP contribution in [0.4, 0.5) is 10.1 Å². The number of nitrogens with one attached hydrogen (secondary N) is 1. The van der Waals surface area contributed by atoms with E-state index in [0.717, 1.165) is 32.8 Å². The number of amides is 1. The summed E-state index contributed by atoms with van der Waals surface area (Å²) in [6, 6.07) is 13.4. The highest BCUT2D eigenvalue weighted by Gasteiger charge is 2.30. The van der Waals surface area contributed by atoms with Crippen molar-refractivity contribution in [2.45, 2.75) is 26.0 Å². The lowest BCUT2D eigenvalue weighted by Gasteiger charge is -2.27. The van der Waals surface area contributed by atoms with Crippen LogP contribution < -0.4 is 10.1 Å². The first-order valence-electron chi connectivity index (χ1n) is 9.07. The van der Waals surface area contributed by atoms with E-state index in [1.807, 2.05) is 24.3 Å². The van der Waals surface area contributed by atoms with Crippen molar-refractivity contribution in [3.05, 3.63) is 59.9 Å². The molecule has 0 saturated carbocycles. The fraction of sp³-hybridized carbons (Fsp3) is 0.381. The molecule has 0 aliphatic carbocycles. The number of carbonyl (C=O) groups excluding carboxylic acids is 1. The fourth-order valence-corrected chi connectivity index (χ4v) is 2.84. The number of carbonyl (C=O) groups is 1. The van der Waals surface area contributed by atoms with E-state index in [-0.39, 0.29) is 11.7 Å². The molecule has 144 valence electrons. The largest absolute Gasteiger partial charge is 0.478 e. The van der Waals surface area contributed by atoms with Crippen LogP contribution in [0.2, 0.25) is 0 Å². The van der Waals surface area contributed by atoms with E-state index in [0.29, 0.717) is 11.4 Å². The van der Waals surface area contributed by atoms with Crippen LogP contribution in [0.5, 0.6) is 5.75 Å². The van der Waals surface area contributed by atoms with Gasteiger partial charge in [-0.25, -0.2) is 4.39 Å². The first-order valence-corrected chi connectivity index (χ1v) is 9.07. The van der Waals surface area contributed by atoms with Gasteiger partial charge in [0.15, 0.2) is 5.60 Å². The molecule has 1 N–H and O–H groups in total. The van der Waals surface area contributed by atoms with Gasteiger partial charge < -0.3 is 14.8 Å². The molecule has 0 atom stereocenters. The molecule has 1 amide bonds. The second kappa shape index (κ2) is 8.50. The van der Waals surface area contributed by atoms with Gasteiger partial charge in [0.25, 0.3) is 5.91 Å². The maximum absolute atomic E-state index is 13.0. The summed E-state index contributed by atoms with van der Waals surface area (Å²) in [6.07, 6.45) is 0. The summed E-state index contributed by atoms with van der Waals surface area (Å²) in [5.41, 5.74) is 0.808. The second-order valence-electron chi connectivity index (χ2n) is 7.11. The van der Waals surface area contributed by atoms with Gasteiger partial charge in [-0.3, -0.25) is 9.69 Å². The monoisotopic (exact) mass is 372 g/mol. The molecule has 1 fully saturated rings. The van der Waals surface area contributed by atoms with Gasteiger partial charge in [0.05, 0.1) is 13.2 Å². The van der Waals surface area contributed by atoms with Crippen LogP contribution in [0.15, 0.2) is 48.5 Å². The van der Waals surface area contributed by atoms with Gasteiger partial charge in [0.1, 0.15) is 11.6 Å². The average Bonchev–Trinajstić information content (AvgIpc) is 2.66. The van der Waals surface area contributed by atoms with Crippen LogP contribution in [0.25, 0.3) is 0 Å². The van der Waals surface area contributed by atoms with E-state index in [1.165, 1.54) is 29.8 Å². The third-order valence-corrected chi connectivity index (χ3v) is 4.46. The standard InChI is InChI=1S/C21H25FN2O3/c1-21(2,27-19-9-5-17(22)6-10-19)20(25)23-18-7-3-16(4-8-18)15-24-11-13-26-14-12-24/h3-10H,11-15H2,1-2H3,(H,23,25). The van der Waals surface area contributed by atoms with Gasteiger partial charge >= 0.3 is 0 Å². The maximum Gasteiger partial charge on any atom is 0.267 e. The molecular formula is C21H25FN2O3. The molecular weight excluding hydrogens is 347 g/mol. The molecule has 0 bridgehead atoms. The van der Waals surface area contributed by atoms with Crippen LogP contribution in [0.1, 0.15) is 19.4 Å². The lowest BCUT2D eigenvalue weighted by Crippen LogP contribution is -2.42. The van der Waals surface area contributed by atoms with E-state index < -0.39 is 5.60 Å². The molecule has 3 rings (SSSR count). The molecule has 1 aliphatic rings. The zero-order valence-corrected chi connectivity index (χ0v) is 15.7. The summed E-state index contributed by atoms with van der Waals surface area (Å²) >= 11 is 0. The van der Waals surface area contributed by atoms with E-state index in [9.17, 15) is 9.18 Å². The van der Waals surface area contributed by atoms with E-state index in [1.54, 1.807) is 13.8 Å². The van der Waals surface area contributed by atoms with Crippen molar-refractivity contribution in [3.8, 4) is 5.75 Å². The molecule has 0 aromatic heterocycles. The number of anilines is 1. The Morgan fingerprint density at radius 1 is 1.11 bits per heavy atom. The van der Waals surface area contributed by atoms with Gasteiger partial charge in [-0.1, -0.05) is 12.1 Å². The molecule has 0 unspecified atom stereocenters. The van der Waals surface area contributed by atoms with Crippen molar-refractivity contribution >= 4 is 11.6 Å². The number of hydrogen-bond acceptors (Lipinski definition) is 4. The second-order valence-corrected chi connectivity index (χ2v) is 7.11. The Morgan fingerprint density at radius 3 is 2.37 bits per heavy atom. The van der Waals surface area contributed by atoms with Crippen molar-refractivity contribution in [1.82, 2.24) is 4.90 Å². The Hall–Kier alpha value is -2.44. The predicted molar refractivity (Wildman–Crippen MR) is 102 cm³/mol. The van der Waals surface area contributed by atoms with Gasteiger partial charge in [0.2, 0.25) is 0 Å². The van der Waals surface area contributed by atoms with Crippen molar-refractivity contribution in [2.75, 3.05) is 31.6 Å². The number of morpholine rings is 1. The zero-order valence-electron chi connectivity index (χ0n) is 15.7. The summed E-state index contributed by atoms with van der Waals surface area (Å²) in [5, 5.41) is 2.87. The zero-order chi connectivity index (χ0) is 19.3. The molecule has 1 aliphatic heterocycles. The highest BCUT2D eigenvalue weighted by molar-refractivity contribution is 5.97. The molecule has 6 heteroatoms. The van der Waals surface area contributed by atoms with E-state index >= 15 is 0 Å². The van der Waals surface area contributed by atoms with Crippen molar-refractivity contribution in [3.63, 3.8) is 0 Å². The van der Waals surface area contributed by atoms with Gasteiger partial charge in [-0.15, -0.1) is 0 Å². The first kappa shape index (κ1) is 19.3.